The van der Waals surface area contributed by atoms with Gasteiger partial charge in [0.05, 0.1) is 0 Å². The van der Waals surface area contributed by atoms with E-state index in [9.17, 15) is 4.79 Å². The lowest BCUT2D eigenvalue weighted by Crippen LogP contribution is -2.18. The smallest absolute Gasteiger partial charge is 0.318 e. The molecule has 1 atom stereocenters. The maximum atomic E-state index is 13.4. The zero-order valence-electron chi connectivity index (χ0n) is 18.3. The highest BCUT2D eigenvalue weighted by molar-refractivity contribution is 6.31. The molecule has 32 heavy (non-hydrogen) atoms. The van der Waals surface area contributed by atoms with Gasteiger partial charge in [0.2, 0.25) is 0 Å². The number of aryl methyl sites for hydroxylation is 1. The van der Waals surface area contributed by atoms with E-state index >= 15 is 0 Å². The van der Waals surface area contributed by atoms with E-state index in [0.717, 1.165) is 34.6 Å². The van der Waals surface area contributed by atoms with Crippen LogP contribution in [0.4, 0.5) is 0 Å². The lowest BCUT2D eigenvalue weighted by molar-refractivity contribution is -0.145. The van der Waals surface area contributed by atoms with Gasteiger partial charge in [0.15, 0.2) is 0 Å². The van der Waals surface area contributed by atoms with Gasteiger partial charge < -0.3 is 9.30 Å². The van der Waals surface area contributed by atoms with Gasteiger partial charge in [-0.25, -0.2) is 0 Å². The fourth-order valence-corrected chi connectivity index (χ4v) is 4.32. The Balaban J connectivity index is 1.70. The lowest BCUT2D eigenvalue weighted by Gasteiger charge is -2.19. The molecule has 1 aromatic heterocycles. The second kappa shape index (κ2) is 9.88. The van der Waals surface area contributed by atoms with E-state index in [1.165, 1.54) is 5.56 Å². The monoisotopic (exact) mass is 443 g/mol. The maximum Gasteiger partial charge on any atom is 0.318 e. The molecule has 0 fully saturated rings. The van der Waals surface area contributed by atoms with E-state index < -0.39 is 5.92 Å². The first-order valence-electron chi connectivity index (χ1n) is 10.7. The number of carbonyl (C=O) groups excluding carboxylic acids is 1. The van der Waals surface area contributed by atoms with Crippen LogP contribution in [-0.2, 0) is 22.7 Å². The molecular formula is C28H26ClNO2. The van der Waals surface area contributed by atoms with E-state index in [4.69, 9.17) is 16.3 Å². The minimum Gasteiger partial charge on any atom is -0.460 e. The zero-order chi connectivity index (χ0) is 22.5. The summed E-state index contributed by atoms with van der Waals surface area (Å²) in [6.45, 7) is 5.09. The Kier molecular flexibility index (Phi) is 6.77. The predicted octanol–water partition coefficient (Wildman–Crippen LogP) is 6.68. The number of hydrogen-bond donors (Lipinski definition) is 0. The summed E-state index contributed by atoms with van der Waals surface area (Å²) in [5.74, 6) is -0.898. The van der Waals surface area contributed by atoms with Gasteiger partial charge in [-0.15, -0.1) is 0 Å². The van der Waals surface area contributed by atoms with Crippen molar-refractivity contribution in [2.24, 2.45) is 0 Å². The molecule has 4 aromatic rings. The van der Waals surface area contributed by atoms with Gasteiger partial charge in [0.1, 0.15) is 12.5 Å². The Morgan fingerprint density at radius 1 is 0.844 bits per heavy atom. The van der Waals surface area contributed by atoms with Crippen LogP contribution in [0.2, 0.25) is 5.02 Å². The third-order valence-electron chi connectivity index (χ3n) is 5.78. The molecule has 4 heteroatoms. The third-order valence-corrected chi connectivity index (χ3v) is 6.13. The average Bonchev–Trinajstić information content (AvgIpc) is 3.08. The first kappa shape index (κ1) is 21.9. The van der Waals surface area contributed by atoms with E-state index in [2.05, 4.69) is 36.6 Å². The molecule has 162 valence electrons. The number of benzene rings is 3. The summed E-state index contributed by atoms with van der Waals surface area (Å²) in [4.78, 5) is 13.4. The summed E-state index contributed by atoms with van der Waals surface area (Å²) in [5, 5.41) is 0.557. The summed E-state index contributed by atoms with van der Waals surface area (Å²) in [6, 6.07) is 29.6. The highest BCUT2D eigenvalue weighted by Crippen LogP contribution is 2.35. The van der Waals surface area contributed by atoms with Crippen LogP contribution in [0.3, 0.4) is 0 Å². The summed E-state index contributed by atoms with van der Waals surface area (Å²) in [6.07, 6.45) is 0. The van der Waals surface area contributed by atoms with Crippen molar-refractivity contribution in [2.75, 3.05) is 0 Å². The third kappa shape index (κ3) is 4.79. The summed E-state index contributed by atoms with van der Waals surface area (Å²) >= 11 is 6.54. The molecule has 0 saturated heterocycles. The zero-order valence-corrected chi connectivity index (χ0v) is 19.0. The number of nitrogens with zero attached hydrogens (tertiary/aromatic N) is 1. The van der Waals surface area contributed by atoms with Crippen LogP contribution in [0.1, 0.15) is 39.6 Å². The minimum absolute atomic E-state index is 0.226. The van der Waals surface area contributed by atoms with Gasteiger partial charge >= 0.3 is 5.97 Å². The van der Waals surface area contributed by atoms with Crippen molar-refractivity contribution in [2.45, 2.75) is 32.9 Å². The van der Waals surface area contributed by atoms with Crippen molar-refractivity contribution in [3.8, 4) is 0 Å². The molecule has 0 radical (unpaired) electrons. The second-order valence-electron chi connectivity index (χ2n) is 7.95. The Bertz CT molecular complexity index is 1200. The van der Waals surface area contributed by atoms with Crippen LogP contribution in [0.15, 0.2) is 91.0 Å². The molecule has 0 amide bonds. The summed E-state index contributed by atoms with van der Waals surface area (Å²) in [5.41, 5.74) is 5.97. The van der Waals surface area contributed by atoms with Crippen LogP contribution in [0.5, 0.6) is 0 Å². The van der Waals surface area contributed by atoms with Crippen molar-refractivity contribution >= 4 is 17.6 Å². The molecule has 0 aliphatic rings. The highest BCUT2D eigenvalue weighted by Gasteiger charge is 2.30. The molecule has 0 unspecified atom stereocenters. The topological polar surface area (TPSA) is 31.2 Å². The van der Waals surface area contributed by atoms with Gasteiger partial charge in [0.25, 0.3) is 0 Å². The lowest BCUT2D eigenvalue weighted by atomic mass is 9.91. The quantitative estimate of drug-likeness (QED) is 0.298. The second-order valence-corrected chi connectivity index (χ2v) is 8.35. The van der Waals surface area contributed by atoms with Crippen LogP contribution in [-0.4, -0.2) is 10.5 Å². The molecular weight excluding hydrogens is 418 g/mol. The Labute approximate surface area is 194 Å². The molecule has 3 nitrogen and oxygen atoms in total. The molecule has 0 N–H and O–H groups in total. The number of ether oxygens (including phenoxy) is 1. The van der Waals surface area contributed by atoms with Crippen molar-refractivity contribution in [1.82, 2.24) is 4.57 Å². The van der Waals surface area contributed by atoms with Crippen molar-refractivity contribution in [3.05, 3.63) is 130 Å². The summed E-state index contributed by atoms with van der Waals surface area (Å²) in [7, 11) is 0. The first-order chi connectivity index (χ1) is 15.5. The van der Waals surface area contributed by atoms with Gasteiger partial charge in [-0.1, -0.05) is 90.5 Å². The molecule has 0 spiro atoms. The molecule has 3 aromatic carbocycles. The average molecular weight is 444 g/mol. The van der Waals surface area contributed by atoms with Crippen LogP contribution in [0, 0.1) is 13.8 Å². The van der Waals surface area contributed by atoms with Crippen LogP contribution < -0.4 is 0 Å². The molecule has 0 aliphatic heterocycles. The van der Waals surface area contributed by atoms with Crippen molar-refractivity contribution < 1.29 is 9.53 Å². The Morgan fingerprint density at radius 2 is 1.44 bits per heavy atom. The fraction of sp³-hybridized carbons (Fsp3) is 0.179. The summed E-state index contributed by atoms with van der Waals surface area (Å²) < 4.78 is 8.00. The van der Waals surface area contributed by atoms with Crippen LogP contribution in [0.25, 0.3) is 0 Å². The standard InChI is InChI=1S/C28H26ClNO2/c1-20-17-25(21(2)30(20)18-22-11-5-3-6-12-22)27(24-15-9-10-16-26(24)29)28(31)32-19-23-13-7-4-8-14-23/h3-17,27H,18-19H2,1-2H3/t27-/m1/s1. The Morgan fingerprint density at radius 3 is 2.09 bits per heavy atom. The van der Waals surface area contributed by atoms with E-state index in [0.29, 0.717) is 5.02 Å². The predicted molar refractivity (Wildman–Crippen MR) is 129 cm³/mol. The number of halogens is 1. The normalized spacial score (nSPS) is 11.8. The SMILES string of the molecule is Cc1cc([C@H](C(=O)OCc2ccccc2)c2ccccc2Cl)c(C)n1Cc1ccccc1. The van der Waals surface area contributed by atoms with E-state index in [1.807, 2.05) is 72.8 Å². The fourth-order valence-electron chi connectivity index (χ4n) is 4.07. The number of esters is 1. The molecule has 0 aliphatic carbocycles. The Hall–Kier alpha value is -3.30. The van der Waals surface area contributed by atoms with Gasteiger partial charge in [-0.05, 0) is 48.2 Å². The number of hydrogen-bond acceptors (Lipinski definition) is 2. The molecule has 0 saturated carbocycles. The molecule has 0 bridgehead atoms. The van der Waals surface area contributed by atoms with Crippen molar-refractivity contribution in [3.63, 3.8) is 0 Å². The maximum absolute atomic E-state index is 13.4. The highest BCUT2D eigenvalue weighted by atomic mass is 35.5. The van der Waals surface area contributed by atoms with Crippen LogP contribution >= 0.6 is 11.6 Å². The molecule has 1 heterocycles. The first-order valence-corrected chi connectivity index (χ1v) is 11.1. The number of carbonyl (C=O) groups is 1. The van der Waals surface area contributed by atoms with Gasteiger partial charge in [-0.3, -0.25) is 4.79 Å². The van der Waals surface area contributed by atoms with Gasteiger partial charge in [-0.2, -0.15) is 0 Å². The molecule has 4 rings (SSSR count). The largest absolute Gasteiger partial charge is 0.460 e. The number of rotatable bonds is 7. The van der Waals surface area contributed by atoms with Gasteiger partial charge in [0, 0.05) is 23.0 Å². The minimum atomic E-state index is -0.594. The number of aromatic nitrogens is 1. The van der Waals surface area contributed by atoms with E-state index in [-0.39, 0.29) is 12.6 Å². The van der Waals surface area contributed by atoms with E-state index in [1.54, 1.807) is 0 Å². The van der Waals surface area contributed by atoms with Crippen molar-refractivity contribution in [1.29, 1.82) is 0 Å².